The van der Waals surface area contributed by atoms with Gasteiger partial charge < -0.3 is 15.7 Å². The predicted molar refractivity (Wildman–Crippen MR) is 77.7 cm³/mol. The topological polar surface area (TPSA) is 66.6 Å². The van der Waals surface area contributed by atoms with Crippen molar-refractivity contribution in [2.45, 2.75) is 45.6 Å². The van der Waals surface area contributed by atoms with Gasteiger partial charge in [-0.3, -0.25) is 4.79 Å². The van der Waals surface area contributed by atoms with E-state index in [0.29, 0.717) is 5.92 Å². The molecule has 1 heterocycles. The van der Waals surface area contributed by atoms with Gasteiger partial charge in [-0.1, -0.05) is 6.92 Å². The molecule has 1 unspecified atom stereocenters. The van der Waals surface area contributed by atoms with Crippen molar-refractivity contribution in [1.82, 2.24) is 0 Å². The van der Waals surface area contributed by atoms with Crippen LogP contribution >= 0.6 is 0 Å². The van der Waals surface area contributed by atoms with Crippen LogP contribution in [0.1, 0.15) is 44.2 Å². The molecule has 0 amide bonds. The molecule has 104 valence electrons. The van der Waals surface area contributed by atoms with Crippen molar-refractivity contribution in [3.8, 4) is 0 Å². The first kappa shape index (κ1) is 13.7. The highest BCUT2D eigenvalue weighted by Gasteiger charge is 2.37. The van der Waals surface area contributed by atoms with Crippen LogP contribution in [0.3, 0.4) is 0 Å². The summed E-state index contributed by atoms with van der Waals surface area (Å²) in [5, 5.41) is 9.15. The van der Waals surface area contributed by atoms with Gasteiger partial charge in [0.25, 0.3) is 0 Å². The maximum Gasteiger partial charge on any atom is 0.323 e. The van der Waals surface area contributed by atoms with Crippen molar-refractivity contribution in [3.63, 3.8) is 0 Å². The third-order valence-corrected chi connectivity index (χ3v) is 4.07. The molecule has 1 atom stereocenters. The standard InChI is InChI=1S/C15H22N2O2/c1-9-5-13-11(6-12(9)16)10(2)7-15(3,4)17(13)8-14(18)19/h5-6,10H,7-8,16H2,1-4H3,(H,18,19). The fraction of sp³-hybridized carbons (Fsp3) is 0.533. The maximum atomic E-state index is 11.1. The molecule has 2 rings (SSSR count). The number of nitrogens with two attached hydrogens (primary N) is 1. The number of nitrogen functional groups attached to an aromatic ring is 1. The summed E-state index contributed by atoms with van der Waals surface area (Å²) in [4.78, 5) is 13.1. The SMILES string of the molecule is Cc1cc2c(cc1N)C(C)CC(C)(C)N2CC(=O)O. The Balaban J connectivity index is 2.57. The van der Waals surface area contributed by atoms with Gasteiger partial charge in [-0.05, 0) is 56.4 Å². The van der Waals surface area contributed by atoms with E-state index >= 15 is 0 Å². The third kappa shape index (κ3) is 2.39. The minimum absolute atomic E-state index is 0.0239. The minimum atomic E-state index is -0.803. The van der Waals surface area contributed by atoms with Crippen LogP contribution in [0.5, 0.6) is 0 Å². The molecule has 0 bridgehead atoms. The molecule has 1 aliphatic heterocycles. The summed E-state index contributed by atoms with van der Waals surface area (Å²) in [7, 11) is 0. The van der Waals surface area contributed by atoms with Gasteiger partial charge in [0.2, 0.25) is 0 Å². The molecular formula is C15H22N2O2. The molecule has 19 heavy (non-hydrogen) atoms. The lowest BCUT2D eigenvalue weighted by Gasteiger charge is -2.47. The number of benzene rings is 1. The third-order valence-electron chi connectivity index (χ3n) is 4.07. The van der Waals surface area contributed by atoms with E-state index in [9.17, 15) is 4.79 Å². The van der Waals surface area contributed by atoms with E-state index < -0.39 is 5.97 Å². The van der Waals surface area contributed by atoms with Crippen LogP contribution in [0.4, 0.5) is 11.4 Å². The second-order valence-electron chi connectivity index (χ2n) is 6.17. The average molecular weight is 262 g/mol. The highest BCUT2D eigenvalue weighted by Crippen LogP contribution is 2.44. The molecule has 0 aliphatic carbocycles. The molecule has 4 heteroatoms. The minimum Gasteiger partial charge on any atom is -0.480 e. The molecule has 0 saturated heterocycles. The first-order valence-corrected chi connectivity index (χ1v) is 6.62. The average Bonchev–Trinajstić information content (AvgIpc) is 2.26. The Morgan fingerprint density at radius 1 is 1.53 bits per heavy atom. The van der Waals surface area contributed by atoms with Gasteiger partial charge in [0.15, 0.2) is 0 Å². The van der Waals surface area contributed by atoms with Gasteiger partial charge in [0.1, 0.15) is 6.54 Å². The van der Waals surface area contributed by atoms with Crippen LogP contribution in [0.2, 0.25) is 0 Å². The van der Waals surface area contributed by atoms with E-state index in [-0.39, 0.29) is 12.1 Å². The van der Waals surface area contributed by atoms with Crippen molar-refractivity contribution < 1.29 is 9.90 Å². The van der Waals surface area contributed by atoms with Crippen molar-refractivity contribution >= 4 is 17.3 Å². The van der Waals surface area contributed by atoms with Crippen LogP contribution in [0.15, 0.2) is 12.1 Å². The van der Waals surface area contributed by atoms with Crippen molar-refractivity contribution in [1.29, 1.82) is 0 Å². The van der Waals surface area contributed by atoms with Gasteiger partial charge in [-0.2, -0.15) is 0 Å². The summed E-state index contributed by atoms with van der Waals surface area (Å²) in [6.45, 7) is 8.35. The Bertz CT molecular complexity index is 523. The number of carbonyl (C=O) groups is 1. The molecule has 0 radical (unpaired) electrons. The normalized spacial score (nSPS) is 21.1. The van der Waals surface area contributed by atoms with E-state index in [0.717, 1.165) is 28.9 Å². The Kier molecular flexibility index (Phi) is 3.20. The quantitative estimate of drug-likeness (QED) is 0.804. The summed E-state index contributed by atoms with van der Waals surface area (Å²) < 4.78 is 0. The van der Waals surface area contributed by atoms with Crippen molar-refractivity contribution in [2.24, 2.45) is 0 Å². The first-order valence-electron chi connectivity index (χ1n) is 6.62. The van der Waals surface area contributed by atoms with Gasteiger partial charge in [0, 0.05) is 16.9 Å². The Morgan fingerprint density at radius 3 is 2.74 bits per heavy atom. The number of fused-ring (bicyclic) bond motifs is 1. The molecule has 1 aromatic rings. The monoisotopic (exact) mass is 262 g/mol. The number of hydrogen-bond donors (Lipinski definition) is 2. The summed E-state index contributed by atoms with van der Waals surface area (Å²) >= 11 is 0. The number of aryl methyl sites for hydroxylation is 1. The number of carboxylic acids is 1. The maximum absolute atomic E-state index is 11.1. The number of rotatable bonds is 2. The zero-order valence-electron chi connectivity index (χ0n) is 12.0. The molecule has 1 aliphatic rings. The second-order valence-corrected chi connectivity index (χ2v) is 6.17. The first-order chi connectivity index (χ1) is 8.72. The molecule has 3 N–H and O–H groups in total. The number of nitrogens with zero attached hydrogens (tertiary/aromatic N) is 1. The van der Waals surface area contributed by atoms with Gasteiger partial charge in [-0.25, -0.2) is 0 Å². The fourth-order valence-electron chi connectivity index (χ4n) is 3.09. The van der Waals surface area contributed by atoms with Crippen LogP contribution in [-0.2, 0) is 4.79 Å². The number of aliphatic carboxylic acids is 1. The smallest absolute Gasteiger partial charge is 0.323 e. The molecule has 0 fully saturated rings. The lowest BCUT2D eigenvalue weighted by molar-refractivity contribution is -0.135. The van der Waals surface area contributed by atoms with Crippen molar-refractivity contribution in [3.05, 3.63) is 23.3 Å². The molecule has 0 spiro atoms. The molecule has 1 aromatic carbocycles. The van der Waals surface area contributed by atoms with E-state index in [1.54, 1.807) is 0 Å². The van der Waals surface area contributed by atoms with Crippen LogP contribution in [0.25, 0.3) is 0 Å². The Labute approximate surface area is 114 Å². The van der Waals surface area contributed by atoms with Gasteiger partial charge in [-0.15, -0.1) is 0 Å². The molecule has 0 aromatic heterocycles. The molecule has 0 saturated carbocycles. The number of carboxylic acid groups (broad SMARTS) is 1. The van der Waals surface area contributed by atoms with E-state index in [1.165, 1.54) is 0 Å². The van der Waals surface area contributed by atoms with Gasteiger partial charge in [0.05, 0.1) is 0 Å². The highest BCUT2D eigenvalue weighted by molar-refractivity contribution is 5.77. The Hall–Kier alpha value is -1.71. The number of hydrogen-bond acceptors (Lipinski definition) is 3. The highest BCUT2D eigenvalue weighted by atomic mass is 16.4. The van der Waals surface area contributed by atoms with Crippen LogP contribution in [0, 0.1) is 6.92 Å². The zero-order valence-corrected chi connectivity index (χ0v) is 12.0. The number of anilines is 2. The summed E-state index contributed by atoms with van der Waals surface area (Å²) in [6, 6.07) is 4.02. The van der Waals surface area contributed by atoms with Crippen LogP contribution < -0.4 is 10.6 Å². The van der Waals surface area contributed by atoms with Crippen LogP contribution in [-0.4, -0.2) is 23.2 Å². The van der Waals surface area contributed by atoms with Crippen molar-refractivity contribution in [2.75, 3.05) is 17.2 Å². The fourth-order valence-corrected chi connectivity index (χ4v) is 3.09. The molecule has 4 nitrogen and oxygen atoms in total. The van der Waals surface area contributed by atoms with E-state index in [2.05, 4.69) is 20.8 Å². The predicted octanol–water partition coefficient (Wildman–Crippen LogP) is 2.75. The van der Waals surface area contributed by atoms with Gasteiger partial charge >= 0.3 is 5.97 Å². The largest absolute Gasteiger partial charge is 0.480 e. The molecular weight excluding hydrogens is 240 g/mol. The van der Waals surface area contributed by atoms with E-state index in [1.807, 2.05) is 24.0 Å². The second kappa shape index (κ2) is 4.44. The van der Waals surface area contributed by atoms with E-state index in [4.69, 9.17) is 10.8 Å². The summed E-state index contributed by atoms with van der Waals surface area (Å²) in [6.07, 6.45) is 0.926. The summed E-state index contributed by atoms with van der Waals surface area (Å²) in [5.41, 5.74) is 9.77. The lowest BCUT2D eigenvalue weighted by Crippen LogP contribution is -2.50. The Morgan fingerprint density at radius 2 is 2.16 bits per heavy atom. The zero-order chi connectivity index (χ0) is 14.4. The lowest BCUT2D eigenvalue weighted by atomic mass is 9.79. The summed E-state index contributed by atoms with van der Waals surface area (Å²) in [5.74, 6) is -0.416.